The van der Waals surface area contributed by atoms with Gasteiger partial charge in [-0.25, -0.2) is 9.18 Å². The van der Waals surface area contributed by atoms with Crippen molar-refractivity contribution in [2.45, 2.75) is 20.0 Å². The number of nitrogens with one attached hydrogen (secondary N) is 1. The quantitative estimate of drug-likeness (QED) is 0.671. The number of nitrogens with two attached hydrogens (primary N) is 1. The van der Waals surface area contributed by atoms with Crippen LogP contribution in [0.15, 0.2) is 42.5 Å². The predicted octanol–water partition coefficient (Wildman–Crippen LogP) is 2.90. The minimum Gasteiger partial charge on any atom is -0.449 e. The number of aryl methyl sites for hydroxylation is 1. The summed E-state index contributed by atoms with van der Waals surface area (Å²) >= 11 is 0. The van der Waals surface area contributed by atoms with Crippen molar-refractivity contribution in [1.29, 1.82) is 0 Å². The molecule has 0 saturated carbocycles. The van der Waals surface area contributed by atoms with E-state index in [9.17, 15) is 14.0 Å². The number of ether oxygens (including phenoxy) is 1. The van der Waals surface area contributed by atoms with Crippen LogP contribution in [0.5, 0.6) is 0 Å². The number of esters is 1. The van der Waals surface area contributed by atoms with Crippen LogP contribution in [0, 0.1) is 12.7 Å². The van der Waals surface area contributed by atoms with Crippen molar-refractivity contribution in [2.24, 2.45) is 0 Å². The summed E-state index contributed by atoms with van der Waals surface area (Å²) < 4.78 is 18.0. The number of amides is 1. The normalized spacial score (nSPS) is 11.6. The average Bonchev–Trinajstić information content (AvgIpc) is 2.49. The molecule has 23 heavy (non-hydrogen) atoms. The lowest BCUT2D eigenvalue weighted by molar-refractivity contribution is -0.123. The number of benzene rings is 2. The van der Waals surface area contributed by atoms with E-state index in [1.165, 1.54) is 13.0 Å². The lowest BCUT2D eigenvalue weighted by Crippen LogP contribution is -2.30. The second-order valence-electron chi connectivity index (χ2n) is 5.13. The lowest BCUT2D eigenvalue weighted by Gasteiger charge is -2.14. The molecule has 6 heteroatoms. The van der Waals surface area contributed by atoms with E-state index >= 15 is 0 Å². The molecule has 5 nitrogen and oxygen atoms in total. The van der Waals surface area contributed by atoms with Crippen molar-refractivity contribution in [3.8, 4) is 0 Å². The van der Waals surface area contributed by atoms with E-state index in [2.05, 4.69) is 5.32 Å². The molecule has 0 fully saturated rings. The largest absolute Gasteiger partial charge is 0.449 e. The minimum atomic E-state index is -1.02. The van der Waals surface area contributed by atoms with Gasteiger partial charge in [0.05, 0.1) is 5.56 Å². The molecule has 0 spiro atoms. The van der Waals surface area contributed by atoms with Gasteiger partial charge in [-0.05, 0) is 44.2 Å². The van der Waals surface area contributed by atoms with Gasteiger partial charge in [0, 0.05) is 11.4 Å². The van der Waals surface area contributed by atoms with Crippen LogP contribution in [0.25, 0.3) is 0 Å². The van der Waals surface area contributed by atoms with Gasteiger partial charge in [-0.3, -0.25) is 4.79 Å². The summed E-state index contributed by atoms with van der Waals surface area (Å²) in [5.74, 6) is -1.80. The number of hydrogen-bond donors (Lipinski definition) is 2. The maximum Gasteiger partial charge on any atom is 0.341 e. The molecule has 1 atom stereocenters. The van der Waals surface area contributed by atoms with E-state index in [0.29, 0.717) is 5.69 Å². The molecule has 2 aromatic carbocycles. The minimum absolute atomic E-state index is 0.0152. The van der Waals surface area contributed by atoms with E-state index in [-0.39, 0.29) is 11.3 Å². The van der Waals surface area contributed by atoms with Crippen molar-refractivity contribution in [3.05, 3.63) is 59.4 Å². The highest BCUT2D eigenvalue weighted by atomic mass is 19.1. The summed E-state index contributed by atoms with van der Waals surface area (Å²) in [7, 11) is 0. The summed E-state index contributed by atoms with van der Waals surface area (Å²) in [5, 5.41) is 2.64. The standard InChI is InChI=1S/C17H17FN2O3/c1-10-3-6-13(7-4-10)20-16(21)11(2)23-17(22)14-8-5-12(18)9-15(14)19/h3-9,11H,19H2,1-2H3,(H,20,21)/t11-/m0/s1. The Morgan fingerprint density at radius 3 is 2.43 bits per heavy atom. The molecular formula is C17H17FN2O3. The zero-order chi connectivity index (χ0) is 17.0. The molecule has 0 bridgehead atoms. The van der Waals surface area contributed by atoms with E-state index < -0.39 is 23.8 Å². The molecule has 1 amide bonds. The van der Waals surface area contributed by atoms with E-state index in [0.717, 1.165) is 17.7 Å². The van der Waals surface area contributed by atoms with E-state index in [4.69, 9.17) is 10.5 Å². The van der Waals surface area contributed by atoms with Crippen LogP contribution in [0.2, 0.25) is 0 Å². The van der Waals surface area contributed by atoms with E-state index in [1.54, 1.807) is 12.1 Å². The Hall–Kier alpha value is -2.89. The fourth-order valence-electron chi connectivity index (χ4n) is 1.88. The third-order valence-corrected chi connectivity index (χ3v) is 3.21. The molecule has 120 valence electrons. The van der Waals surface area contributed by atoms with Crippen molar-refractivity contribution >= 4 is 23.3 Å². The van der Waals surface area contributed by atoms with E-state index in [1.807, 2.05) is 19.1 Å². The van der Waals surface area contributed by atoms with Gasteiger partial charge in [0.1, 0.15) is 5.82 Å². The zero-order valence-corrected chi connectivity index (χ0v) is 12.8. The number of carbonyl (C=O) groups is 2. The van der Waals surface area contributed by atoms with Crippen LogP contribution in [0.3, 0.4) is 0 Å². The highest BCUT2D eigenvalue weighted by molar-refractivity contribution is 5.99. The maximum atomic E-state index is 13.0. The van der Waals surface area contributed by atoms with Gasteiger partial charge in [0.15, 0.2) is 6.10 Å². The van der Waals surface area contributed by atoms with Crippen LogP contribution >= 0.6 is 0 Å². The number of carbonyl (C=O) groups excluding carboxylic acids is 2. The van der Waals surface area contributed by atoms with Crippen LogP contribution < -0.4 is 11.1 Å². The summed E-state index contributed by atoms with van der Waals surface area (Å²) in [6.45, 7) is 3.38. The molecule has 2 rings (SSSR count). The Morgan fingerprint density at radius 1 is 1.17 bits per heavy atom. The zero-order valence-electron chi connectivity index (χ0n) is 12.8. The smallest absolute Gasteiger partial charge is 0.341 e. The molecule has 0 unspecified atom stereocenters. The number of anilines is 2. The van der Waals surface area contributed by atoms with Gasteiger partial charge < -0.3 is 15.8 Å². The number of nitrogen functional groups attached to an aromatic ring is 1. The molecule has 0 heterocycles. The maximum absolute atomic E-state index is 13.0. The second-order valence-corrected chi connectivity index (χ2v) is 5.13. The molecule has 3 N–H and O–H groups in total. The highest BCUT2D eigenvalue weighted by Crippen LogP contribution is 2.16. The molecule has 0 saturated heterocycles. The van der Waals surface area contributed by atoms with Gasteiger partial charge >= 0.3 is 5.97 Å². The third-order valence-electron chi connectivity index (χ3n) is 3.21. The van der Waals surface area contributed by atoms with Crippen molar-refractivity contribution in [1.82, 2.24) is 0 Å². The van der Waals surface area contributed by atoms with Crippen molar-refractivity contribution in [2.75, 3.05) is 11.1 Å². The molecule has 0 aromatic heterocycles. The SMILES string of the molecule is Cc1ccc(NC(=O)[C@H](C)OC(=O)c2ccc(F)cc2N)cc1. The van der Waals surface area contributed by atoms with Gasteiger partial charge in [-0.15, -0.1) is 0 Å². The Balaban J connectivity index is 2.00. The molecule has 0 aliphatic rings. The van der Waals surface area contributed by atoms with Gasteiger partial charge in [0.2, 0.25) is 0 Å². The Labute approximate surface area is 133 Å². The fourth-order valence-corrected chi connectivity index (χ4v) is 1.88. The summed E-state index contributed by atoms with van der Waals surface area (Å²) in [4.78, 5) is 24.0. The summed E-state index contributed by atoms with van der Waals surface area (Å²) in [6, 6.07) is 10.5. The van der Waals surface area contributed by atoms with Gasteiger partial charge in [-0.2, -0.15) is 0 Å². The van der Waals surface area contributed by atoms with Gasteiger partial charge in [-0.1, -0.05) is 17.7 Å². The summed E-state index contributed by atoms with van der Waals surface area (Å²) in [6.07, 6.45) is -1.02. The summed E-state index contributed by atoms with van der Waals surface area (Å²) in [5.41, 5.74) is 7.21. The first-order valence-corrected chi connectivity index (χ1v) is 7.00. The molecule has 0 aliphatic heterocycles. The highest BCUT2D eigenvalue weighted by Gasteiger charge is 2.20. The molecule has 0 aliphatic carbocycles. The predicted molar refractivity (Wildman–Crippen MR) is 85.5 cm³/mol. The number of hydrogen-bond acceptors (Lipinski definition) is 4. The molecule has 0 radical (unpaired) electrons. The lowest BCUT2D eigenvalue weighted by atomic mass is 10.2. The Morgan fingerprint density at radius 2 is 1.83 bits per heavy atom. The van der Waals surface area contributed by atoms with Crippen LogP contribution in [-0.4, -0.2) is 18.0 Å². The number of rotatable bonds is 4. The number of halogens is 1. The molecule has 2 aromatic rings. The van der Waals surface area contributed by atoms with Crippen molar-refractivity contribution in [3.63, 3.8) is 0 Å². The van der Waals surface area contributed by atoms with Crippen LogP contribution in [0.1, 0.15) is 22.8 Å². The van der Waals surface area contributed by atoms with Crippen molar-refractivity contribution < 1.29 is 18.7 Å². The topological polar surface area (TPSA) is 81.4 Å². The Kier molecular flexibility index (Phi) is 4.95. The Bertz CT molecular complexity index is 729. The first-order chi connectivity index (χ1) is 10.9. The van der Waals surface area contributed by atoms with Crippen LogP contribution in [-0.2, 0) is 9.53 Å². The average molecular weight is 316 g/mol. The first-order valence-electron chi connectivity index (χ1n) is 7.00. The first kappa shape index (κ1) is 16.5. The monoisotopic (exact) mass is 316 g/mol. The van der Waals surface area contributed by atoms with Crippen LogP contribution in [0.4, 0.5) is 15.8 Å². The third kappa shape index (κ3) is 4.29. The second kappa shape index (κ2) is 6.91. The fraction of sp³-hybridized carbons (Fsp3) is 0.176. The van der Waals surface area contributed by atoms with Gasteiger partial charge in [0.25, 0.3) is 5.91 Å². The molecular weight excluding hydrogens is 299 g/mol.